The summed E-state index contributed by atoms with van der Waals surface area (Å²) in [4.78, 5) is 24.4. The van der Waals surface area contributed by atoms with Gasteiger partial charge in [-0.3, -0.25) is 14.5 Å². The second kappa shape index (κ2) is 4.53. The van der Waals surface area contributed by atoms with E-state index in [9.17, 15) is 9.59 Å². The van der Waals surface area contributed by atoms with E-state index in [1.807, 2.05) is 0 Å². The van der Waals surface area contributed by atoms with Crippen LogP contribution >= 0.6 is 0 Å². The van der Waals surface area contributed by atoms with Gasteiger partial charge < -0.3 is 5.32 Å². The molecule has 16 heavy (non-hydrogen) atoms. The molecule has 1 heterocycles. The highest BCUT2D eigenvalue weighted by Gasteiger charge is 2.37. The van der Waals surface area contributed by atoms with E-state index in [-0.39, 0.29) is 17.9 Å². The first-order chi connectivity index (χ1) is 7.59. The third-order valence-electron chi connectivity index (χ3n) is 3.91. The molecule has 0 aromatic heterocycles. The molecular formula is C12H20N2O2. The monoisotopic (exact) mass is 224 g/mol. The summed E-state index contributed by atoms with van der Waals surface area (Å²) in [5.41, 5.74) is 0. The molecule has 0 spiro atoms. The van der Waals surface area contributed by atoms with Gasteiger partial charge in [-0.1, -0.05) is 19.8 Å². The SMILES string of the molecule is CC1CCCCC1NC1CC(=O)N(C)C1=O. The summed E-state index contributed by atoms with van der Waals surface area (Å²) in [5, 5.41) is 3.37. The van der Waals surface area contributed by atoms with Crippen LogP contribution in [0.4, 0.5) is 0 Å². The van der Waals surface area contributed by atoms with Gasteiger partial charge in [0.05, 0.1) is 12.5 Å². The van der Waals surface area contributed by atoms with E-state index in [0.717, 1.165) is 6.42 Å². The van der Waals surface area contributed by atoms with Crippen molar-refractivity contribution in [2.24, 2.45) is 5.92 Å². The van der Waals surface area contributed by atoms with Gasteiger partial charge in [0.2, 0.25) is 11.8 Å². The Labute approximate surface area is 96.4 Å². The fourth-order valence-electron chi connectivity index (χ4n) is 2.71. The molecule has 1 N–H and O–H groups in total. The van der Waals surface area contributed by atoms with Crippen LogP contribution in [0.2, 0.25) is 0 Å². The van der Waals surface area contributed by atoms with E-state index in [4.69, 9.17) is 0 Å². The number of rotatable bonds is 2. The van der Waals surface area contributed by atoms with Crippen LogP contribution in [-0.4, -0.2) is 35.8 Å². The topological polar surface area (TPSA) is 49.4 Å². The predicted octanol–water partition coefficient (Wildman–Crippen LogP) is 0.912. The van der Waals surface area contributed by atoms with Gasteiger partial charge in [-0.05, 0) is 18.8 Å². The number of carbonyl (C=O) groups is 2. The van der Waals surface area contributed by atoms with Gasteiger partial charge in [0, 0.05) is 13.1 Å². The van der Waals surface area contributed by atoms with Crippen molar-refractivity contribution in [3.05, 3.63) is 0 Å². The van der Waals surface area contributed by atoms with Crippen LogP contribution in [0.3, 0.4) is 0 Å². The molecule has 3 unspecified atom stereocenters. The molecule has 3 atom stereocenters. The number of carbonyl (C=O) groups excluding carboxylic acids is 2. The standard InChI is InChI=1S/C12H20N2O2/c1-8-5-3-4-6-9(8)13-10-7-11(15)14(2)12(10)16/h8-10,13H,3-7H2,1-2H3. The summed E-state index contributed by atoms with van der Waals surface area (Å²) in [6, 6.07) is 0.130. The van der Waals surface area contributed by atoms with Crippen molar-refractivity contribution < 1.29 is 9.59 Å². The van der Waals surface area contributed by atoms with E-state index in [1.54, 1.807) is 7.05 Å². The first-order valence-electron chi connectivity index (χ1n) is 6.16. The maximum atomic E-state index is 11.7. The van der Waals surface area contributed by atoms with Crippen LogP contribution in [-0.2, 0) is 9.59 Å². The van der Waals surface area contributed by atoms with Crippen LogP contribution in [0.1, 0.15) is 39.0 Å². The van der Waals surface area contributed by atoms with E-state index >= 15 is 0 Å². The lowest BCUT2D eigenvalue weighted by molar-refractivity contribution is -0.137. The summed E-state index contributed by atoms with van der Waals surface area (Å²) in [6.45, 7) is 2.22. The molecule has 90 valence electrons. The summed E-state index contributed by atoms with van der Waals surface area (Å²) in [6.07, 6.45) is 5.20. The zero-order valence-electron chi connectivity index (χ0n) is 10.0. The largest absolute Gasteiger partial charge is 0.302 e. The average molecular weight is 224 g/mol. The Morgan fingerprint density at radius 3 is 2.50 bits per heavy atom. The number of amides is 2. The third kappa shape index (κ3) is 2.12. The number of likely N-dealkylation sites (tertiary alicyclic amines) is 1. The molecule has 2 fully saturated rings. The highest BCUT2D eigenvalue weighted by Crippen LogP contribution is 2.25. The normalized spacial score (nSPS) is 35.9. The first kappa shape index (κ1) is 11.6. The van der Waals surface area contributed by atoms with E-state index in [0.29, 0.717) is 18.4 Å². The van der Waals surface area contributed by atoms with E-state index in [2.05, 4.69) is 12.2 Å². The zero-order valence-corrected chi connectivity index (χ0v) is 10.0. The number of likely N-dealkylation sites (N-methyl/N-ethyl adjacent to an activating group) is 1. The summed E-state index contributed by atoms with van der Waals surface area (Å²) in [7, 11) is 1.57. The Kier molecular flexibility index (Phi) is 3.28. The van der Waals surface area contributed by atoms with Crippen molar-refractivity contribution in [1.82, 2.24) is 10.2 Å². The lowest BCUT2D eigenvalue weighted by atomic mass is 9.85. The zero-order chi connectivity index (χ0) is 11.7. The molecule has 0 radical (unpaired) electrons. The molecule has 4 nitrogen and oxygen atoms in total. The van der Waals surface area contributed by atoms with Crippen molar-refractivity contribution in [3.63, 3.8) is 0 Å². The minimum Gasteiger partial charge on any atom is -0.302 e. The molecule has 4 heteroatoms. The average Bonchev–Trinajstić information content (AvgIpc) is 2.50. The summed E-state index contributed by atoms with van der Waals surface area (Å²) >= 11 is 0. The van der Waals surface area contributed by atoms with Crippen molar-refractivity contribution in [1.29, 1.82) is 0 Å². The van der Waals surface area contributed by atoms with Crippen LogP contribution < -0.4 is 5.32 Å². The Bertz CT molecular complexity index is 303. The van der Waals surface area contributed by atoms with Crippen molar-refractivity contribution >= 4 is 11.8 Å². The quantitative estimate of drug-likeness (QED) is 0.709. The summed E-state index contributed by atoms with van der Waals surface area (Å²) in [5.74, 6) is 0.483. The molecular weight excluding hydrogens is 204 g/mol. The van der Waals surface area contributed by atoms with Crippen molar-refractivity contribution in [2.45, 2.75) is 51.1 Å². The highest BCUT2D eigenvalue weighted by molar-refractivity contribution is 6.05. The predicted molar refractivity (Wildman–Crippen MR) is 60.7 cm³/mol. The Morgan fingerprint density at radius 2 is 1.94 bits per heavy atom. The number of hydrogen-bond acceptors (Lipinski definition) is 3. The van der Waals surface area contributed by atoms with Crippen molar-refractivity contribution in [2.75, 3.05) is 7.05 Å². The van der Waals surface area contributed by atoms with Gasteiger partial charge in [-0.25, -0.2) is 0 Å². The molecule has 2 amide bonds. The molecule has 1 saturated carbocycles. The number of hydrogen-bond donors (Lipinski definition) is 1. The molecule has 1 saturated heterocycles. The van der Waals surface area contributed by atoms with Gasteiger partial charge in [0.25, 0.3) is 0 Å². The molecule has 2 aliphatic rings. The van der Waals surface area contributed by atoms with Gasteiger partial charge in [-0.2, -0.15) is 0 Å². The van der Waals surface area contributed by atoms with Crippen LogP contribution in [0.5, 0.6) is 0 Å². The van der Waals surface area contributed by atoms with Crippen LogP contribution in [0, 0.1) is 5.92 Å². The smallest absolute Gasteiger partial charge is 0.246 e. The summed E-state index contributed by atoms with van der Waals surface area (Å²) < 4.78 is 0. The first-order valence-corrected chi connectivity index (χ1v) is 6.16. The van der Waals surface area contributed by atoms with Crippen LogP contribution in [0.25, 0.3) is 0 Å². The second-order valence-corrected chi connectivity index (χ2v) is 5.08. The fraction of sp³-hybridized carbons (Fsp3) is 0.833. The minimum atomic E-state index is -0.275. The molecule has 0 bridgehead atoms. The van der Waals surface area contributed by atoms with Crippen molar-refractivity contribution in [3.8, 4) is 0 Å². The molecule has 1 aliphatic carbocycles. The maximum Gasteiger partial charge on any atom is 0.246 e. The number of nitrogens with one attached hydrogen (secondary N) is 1. The highest BCUT2D eigenvalue weighted by atomic mass is 16.2. The van der Waals surface area contributed by atoms with E-state index in [1.165, 1.54) is 24.2 Å². The Morgan fingerprint density at radius 1 is 1.25 bits per heavy atom. The number of nitrogens with zero attached hydrogens (tertiary/aromatic N) is 1. The van der Waals surface area contributed by atoms with Gasteiger partial charge >= 0.3 is 0 Å². The lowest BCUT2D eigenvalue weighted by Crippen LogP contribution is -2.46. The fourth-order valence-corrected chi connectivity index (χ4v) is 2.71. The minimum absolute atomic E-state index is 0.0639. The Hall–Kier alpha value is -0.900. The van der Waals surface area contributed by atoms with Gasteiger partial charge in [-0.15, -0.1) is 0 Å². The van der Waals surface area contributed by atoms with Crippen LogP contribution in [0.15, 0.2) is 0 Å². The molecule has 0 aromatic carbocycles. The van der Waals surface area contributed by atoms with Gasteiger partial charge in [0.1, 0.15) is 0 Å². The maximum absolute atomic E-state index is 11.7. The molecule has 2 rings (SSSR count). The number of imide groups is 1. The lowest BCUT2D eigenvalue weighted by Gasteiger charge is -2.31. The molecule has 0 aromatic rings. The van der Waals surface area contributed by atoms with Gasteiger partial charge in [0.15, 0.2) is 0 Å². The Balaban J connectivity index is 1.94. The molecule has 1 aliphatic heterocycles. The van der Waals surface area contributed by atoms with E-state index < -0.39 is 0 Å². The second-order valence-electron chi connectivity index (χ2n) is 5.08. The third-order valence-corrected chi connectivity index (χ3v) is 3.91.